The van der Waals surface area contributed by atoms with Gasteiger partial charge in [-0.15, -0.1) is 0 Å². The first kappa shape index (κ1) is 19.7. The Kier molecular flexibility index (Phi) is 5.40. The predicted octanol–water partition coefficient (Wildman–Crippen LogP) is 4.79. The second kappa shape index (κ2) is 8.49. The number of nitrogens with two attached hydrogens (primary N) is 1. The van der Waals surface area contributed by atoms with Crippen LogP contribution in [0, 0.1) is 0 Å². The molecule has 0 aliphatic heterocycles. The molecule has 0 amide bonds. The van der Waals surface area contributed by atoms with Crippen LogP contribution in [0.5, 0.6) is 0 Å². The molecule has 5 rings (SSSR count). The zero-order valence-electron chi connectivity index (χ0n) is 17.0. The number of nitrogen functional groups attached to an aromatic ring is 1. The maximum Gasteiger partial charge on any atom is 0.189 e. The van der Waals surface area contributed by atoms with Gasteiger partial charge < -0.3 is 21.5 Å². The molecule has 5 N–H and O–H groups in total. The van der Waals surface area contributed by atoms with Crippen molar-refractivity contribution < 1.29 is 5.11 Å². The highest BCUT2D eigenvalue weighted by Crippen LogP contribution is 2.32. The van der Waals surface area contributed by atoms with E-state index < -0.39 is 0 Å². The van der Waals surface area contributed by atoms with Crippen LogP contribution in [0.25, 0.3) is 21.3 Å². The standard InChI is InChI=1S/C23H24N6OS/c24-20-11-5-15(13-25-20)14-4-10-18-19(12-14)31-23(27-18)29-22-3-1-2-21(28-22)26-16-6-8-17(30)9-7-16/h1-5,10-13,16-17,30H,6-9H2,(H2,24,25)(H2,26,27,28,29). The molecule has 1 fully saturated rings. The topological polar surface area (TPSA) is 109 Å². The summed E-state index contributed by atoms with van der Waals surface area (Å²) < 4.78 is 1.09. The Labute approximate surface area is 184 Å². The zero-order valence-corrected chi connectivity index (χ0v) is 17.8. The normalized spacial score (nSPS) is 18.7. The summed E-state index contributed by atoms with van der Waals surface area (Å²) in [5, 5.41) is 17.3. The lowest BCUT2D eigenvalue weighted by molar-refractivity contribution is 0.126. The van der Waals surface area contributed by atoms with E-state index >= 15 is 0 Å². The molecule has 0 unspecified atom stereocenters. The maximum atomic E-state index is 9.69. The molecule has 0 spiro atoms. The summed E-state index contributed by atoms with van der Waals surface area (Å²) in [6.07, 6.45) is 5.24. The fraction of sp³-hybridized carbons (Fsp3) is 0.261. The number of aliphatic hydroxyl groups is 1. The number of hydrogen-bond acceptors (Lipinski definition) is 8. The van der Waals surface area contributed by atoms with Crippen LogP contribution in [0.15, 0.2) is 54.7 Å². The minimum Gasteiger partial charge on any atom is -0.393 e. The number of rotatable bonds is 5. The number of benzene rings is 1. The molecule has 0 saturated heterocycles. The van der Waals surface area contributed by atoms with E-state index in [1.165, 1.54) is 0 Å². The molecule has 3 aromatic heterocycles. The van der Waals surface area contributed by atoms with Crippen molar-refractivity contribution in [3.05, 3.63) is 54.7 Å². The van der Waals surface area contributed by atoms with Gasteiger partial charge in [-0.25, -0.2) is 15.0 Å². The van der Waals surface area contributed by atoms with Crippen molar-refractivity contribution in [2.45, 2.75) is 37.8 Å². The molecular formula is C23H24N6OS. The molecule has 0 atom stereocenters. The zero-order chi connectivity index (χ0) is 21.2. The van der Waals surface area contributed by atoms with Crippen LogP contribution >= 0.6 is 11.3 Å². The van der Waals surface area contributed by atoms with Gasteiger partial charge in [-0.3, -0.25) is 0 Å². The molecule has 158 valence electrons. The summed E-state index contributed by atoms with van der Waals surface area (Å²) in [5.41, 5.74) is 8.74. The lowest BCUT2D eigenvalue weighted by atomic mass is 9.93. The molecule has 8 heteroatoms. The molecule has 1 aromatic carbocycles. The predicted molar refractivity (Wildman–Crippen MR) is 127 cm³/mol. The lowest BCUT2D eigenvalue weighted by Crippen LogP contribution is -2.28. The highest BCUT2D eigenvalue weighted by atomic mass is 32.1. The third-order valence-corrected chi connectivity index (χ3v) is 6.47. The van der Waals surface area contributed by atoms with Crippen LogP contribution in [0.4, 0.5) is 22.6 Å². The van der Waals surface area contributed by atoms with E-state index in [9.17, 15) is 5.11 Å². The monoisotopic (exact) mass is 432 g/mol. The van der Waals surface area contributed by atoms with Crippen LogP contribution in [0.1, 0.15) is 25.7 Å². The lowest BCUT2D eigenvalue weighted by Gasteiger charge is -2.26. The Bertz CT molecular complexity index is 1180. The van der Waals surface area contributed by atoms with E-state index in [2.05, 4.69) is 26.7 Å². The molecule has 0 radical (unpaired) electrons. The van der Waals surface area contributed by atoms with Gasteiger partial charge in [-0.05, 0) is 67.6 Å². The Morgan fingerprint density at radius 2 is 1.74 bits per heavy atom. The maximum absolute atomic E-state index is 9.69. The van der Waals surface area contributed by atoms with E-state index in [-0.39, 0.29) is 6.10 Å². The van der Waals surface area contributed by atoms with Crippen molar-refractivity contribution in [3.63, 3.8) is 0 Å². The number of hydrogen-bond donors (Lipinski definition) is 4. The van der Waals surface area contributed by atoms with E-state index in [1.807, 2.05) is 36.4 Å². The molecule has 31 heavy (non-hydrogen) atoms. The molecular weight excluding hydrogens is 408 g/mol. The van der Waals surface area contributed by atoms with Crippen LogP contribution in [-0.4, -0.2) is 32.2 Å². The average Bonchev–Trinajstić information content (AvgIpc) is 3.17. The number of aliphatic hydroxyl groups excluding tert-OH is 1. The van der Waals surface area contributed by atoms with Gasteiger partial charge in [-0.2, -0.15) is 0 Å². The first-order valence-corrected chi connectivity index (χ1v) is 11.3. The molecule has 0 bridgehead atoms. The largest absolute Gasteiger partial charge is 0.393 e. The summed E-state index contributed by atoms with van der Waals surface area (Å²) in [4.78, 5) is 13.6. The summed E-state index contributed by atoms with van der Waals surface area (Å²) in [7, 11) is 0. The summed E-state index contributed by atoms with van der Waals surface area (Å²) in [5.74, 6) is 2.10. The number of anilines is 4. The first-order valence-electron chi connectivity index (χ1n) is 10.4. The van der Waals surface area contributed by atoms with Gasteiger partial charge in [0.2, 0.25) is 0 Å². The van der Waals surface area contributed by atoms with Gasteiger partial charge >= 0.3 is 0 Å². The Hall–Kier alpha value is -3.23. The number of aromatic nitrogens is 3. The van der Waals surface area contributed by atoms with Crippen LogP contribution in [-0.2, 0) is 0 Å². The van der Waals surface area contributed by atoms with Crippen molar-refractivity contribution in [1.82, 2.24) is 15.0 Å². The average molecular weight is 433 g/mol. The fourth-order valence-corrected chi connectivity index (χ4v) is 4.77. The van der Waals surface area contributed by atoms with Gasteiger partial charge in [0.15, 0.2) is 5.13 Å². The van der Waals surface area contributed by atoms with Crippen molar-refractivity contribution >= 4 is 44.1 Å². The van der Waals surface area contributed by atoms with E-state index in [0.717, 1.165) is 63.8 Å². The molecule has 7 nitrogen and oxygen atoms in total. The fourth-order valence-electron chi connectivity index (χ4n) is 3.86. The van der Waals surface area contributed by atoms with Gasteiger partial charge in [-0.1, -0.05) is 23.5 Å². The molecule has 3 heterocycles. The molecule has 1 aliphatic carbocycles. The summed E-state index contributed by atoms with van der Waals surface area (Å²) >= 11 is 1.59. The minimum atomic E-state index is -0.158. The van der Waals surface area contributed by atoms with Crippen molar-refractivity contribution in [1.29, 1.82) is 0 Å². The number of thiazole rings is 1. The Balaban J connectivity index is 1.31. The van der Waals surface area contributed by atoms with Gasteiger partial charge in [0.1, 0.15) is 17.5 Å². The number of pyridine rings is 2. The van der Waals surface area contributed by atoms with Crippen LogP contribution < -0.4 is 16.4 Å². The number of nitrogens with one attached hydrogen (secondary N) is 2. The van der Waals surface area contributed by atoms with E-state index in [1.54, 1.807) is 23.6 Å². The third kappa shape index (κ3) is 4.60. The Morgan fingerprint density at radius 3 is 2.55 bits per heavy atom. The molecule has 1 saturated carbocycles. The SMILES string of the molecule is Nc1ccc(-c2ccc3nc(Nc4cccc(NC5CCC(O)CC5)n4)sc3c2)cn1. The minimum absolute atomic E-state index is 0.158. The third-order valence-electron chi connectivity index (χ3n) is 5.54. The number of fused-ring (bicyclic) bond motifs is 1. The van der Waals surface area contributed by atoms with E-state index in [4.69, 9.17) is 10.7 Å². The first-order chi connectivity index (χ1) is 15.1. The van der Waals surface area contributed by atoms with Gasteiger partial charge in [0.25, 0.3) is 0 Å². The second-order valence-corrected chi connectivity index (χ2v) is 8.89. The van der Waals surface area contributed by atoms with Crippen molar-refractivity contribution in [3.8, 4) is 11.1 Å². The van der Waals surface area contributed by atoms with Gasteiger partial charge in [0.05, 0.1) is 16.3 Å². The highest BCUT2D eigenvalue weighted by Gasteiger charge is 2.19. The van der Waals surface area contributed by atoms with Crippen molar-refractivity contribution in [2.24, 2.45) is 0 Å². The molecule has 1 aliphatic rings. The number of nitrogens with zero attached hydrogens (tertiary/aromatic N) is 3. The summed E-state index contributed by atoms with van der Waals surface area (Å²) in [6, 6.07) is 16.2. The van der Waals surface area contributed by atoms with E-state index in [0.29, 0.717) is 11.9 Å². The quantitative estimate of drug-likeness (QED) is 0.359. The Morgan fingerprint density at radius 1 is 0.935 bits per heavy atom. The highest BCUT2D eigenvalue weighted by molar-refractivity contribution is 7.22. The summed E-state index contributed by atoms with van der Waals surface area (Å²) in [6.45, 7) is 0. The van der Waals surface area contributed by atoms with Crippen molar-refractivity contribution in [2.75, 3.05) is 16.4 Å². The molecule has 4 aromatic rings. The van der Waals surface area contributed by atoms with Crippen LogP contribution in [0.3, 0.4) is 0 Å². The van der Waals surface area contributed by atoms with Gasteiger partial charge in [0, 0.05) is 17.8 Å². The van der Waals surface area contributed by atoms with Crippen LogP contribution in [0.2, 0.25) is 0 Å². The second-order valence-electron chi connectivity index (χ2n) is 7.86. The smallest absolute Gasteiger partial charge is 0.189 e.